The molecule has 0 bridgehead atoms. The van der Waals surface area contributed by atoms with Gasteiger partial charge in [0.1, 0.15) is 0 Å². The molecule has 3 nitrogen and oxygen atoms in total. The van der Waals surface area contributed by atoms with E-state index in [2.05, 4.69) is 29.3 Å². The van der Waals surface area contributed by atoms with Gasteiger partial charge in [-0.1, -0.05) is 36.4 Å². The van der Waals surface area contributed by atoms with Gasteiger partial charge < -0.3 is 9.47 Å². The lowest BCUT2D eigenvalue weighted by Crippen LogP contribution is -2.42. The van der Waals surface area contributed by atoms with E-state index in [0.29, 0.717) is 19.0 Å². The van der Waals surface area contributed by atoms with Crippen LogP contribution >= 0.6 is 11.6 Å². The van der Waals surface area contributed by atoms with E-state index in [9.17, 15) is 4.79 Å². The summed E-state index contributed by atoms with van der Waals surface area (Å²) in [5.74, 6) is 0.342. The van der Waals surface area contributed by atoms with E-state index in [1.54, 1.807) is 6.08 Å². The maximum atomic E-state index is 12.8. The molecule has 2 rings (SSSR count). The zero-order chi connectivity index (χ0) is 17.6. The third kappa shape index (κ3) is 4.51. The number of benzene rings is 1. The molecule has 0 aliphatic rings. The van der Waals surface area contributed by atoms with Gasteiger partial charge in [-0.15, -0.1) is 18.2 Å². The van der Waals surface area contributed by atoms with Gasteiger partial charge in [0.05, 0.1) is 12.0 Å². The molecule has 0 N–H and O–H groups in total. The van der Waals surface area contributed by atoms with Crippen molar-refractivity contribution in [1.82, 2.24) is 9.47 Å². The first-order valence-corrected chi connectivity index (χ1v) is 8.65. The highest BCUT2D eigenvalue weighted by Crippen LogP contribution is 2.22. The van der Waals surface area contributed by atoms with Crippen LogP contribution < -0.4 is 0 Å². The van der Waals surface area contributed by atoms with Gasteiger partial charge >= 0.3 is 0 Å². The number of hydrogen-bond acceptors (Lipinski definition) is 1. The molecule has 128 valence electrons. The lowest BCUT2D eigenvalue weighted by Gasteiger charge is -2.30. The molecule has 0 radical (unpaired) electrons. The molecule has 1 heterocycles. The molecular formula is C20H25ClN2O. The van der Waals surface area contributed by atoms with Crippen LogP contribution in [0.1, 0.15) is 25.1 Å². The third-order valence-electron chi connectivity index (χ3n) is 4.02. The summed E-state index contributed by atoms with van der Waals surface area (Å²) >= 11 is 5.97. The molecule has 0 spiro atoms. The average molecular weight is 345 g/mol. The van der Waals surface area contributed by atoms with E-state index in [0.717, 1.165) is 12.2 Å². The number of carbonyl (C=O) groups is 1. The van der Waals surface area contributed by atoms with Crippen molar-refractivity contribution in [3.8, 4) is 0 Å². The van der Waals surface area contributed by atoms with Crippen molar-refractivity contribution in [2.75, 3.05) is 12.4 Å². The van der Waals surface area contributed by atoms with Gasteiger partial charge in [0, 0.05) is 30.9 Å². The minimum Gasteiger partial charge on any atom is -0.345 e. The van der Waals surface area contributed by atoms with Gasteiger partial charge in [-0.3, -0.25) is 4.79 Å². The first-order valence-electron chi connectivity index (χ1n) is 8.12. The number of aromatic nitrogens is 1. The summed E-state index contributed by atoms with van der Waals surface area (Å²) < 4.78 is 2.17. The van der Waals surface area contributed by atoms with Crippen molar-refractivity contribution in [1.29, 1.82) is 0 Å². The second-order valence-corrected chi connectivity index (χ2v) is 6.87. The lowest BCUT2D eigenvalue weighted by atomic mass is 9.94. The van der Waals surface area contributed by atoms with Crippen LogP contribution in [0.5, 0.6) is 0 Å². The zero-order valence-electron chi connectivity index (χ0n) is 14.4. The molecule has 1 aromatic heterocycles. The van der Waals surface area contributed by atoms with Gasteiger partial charge in [0.15, 0.2) is 0 Å². The standard InChI is InChI=1S/C20H25ClN2O/c1-4-12-23(19(24)20(2,3)16-21)15-18-11-8-13-22(18)14-17-9-6-5-7-10-17/h4-11,13H,1,12,14-16H2,2-3H3. The Morgan fingerprint density at radius 2 is 1.96 bits per heavy atom. The summed E-state index contributed by atoms with van der Waals surface area (Å²) in [6.45, 7) is 9.38. The SMILES string of the molecule is C=CCN(Cc1cccn1Cc1ccccc1)C(=O)C(C)(C)CCl. The Bertz CT molecular complexity index is 676. The summed E-state index contributed by atoms with van der Waals surface area (Å²) in [6, 6.07) is 14.4. The van der Waals surface area contributed by atoms with Crippen LogP contribution in [0.25, 0.3) is 0 Å². The molecule has 0 aliphatic carbocycles. The van der Waals surface area contributed by atoms with Crippen LogP contribution in [0.4, 0.5) is 0 Å². The molecule has 0 atom stereocenters. The van der Waals surface area contributed by atoms with E-state index in [-0.39, 0.29) is 5.91 Å². The first-order chi connectivity index (χ1) is 11.5. The van der Waals surface area contributed by atoms with Gasteiger partial charge in [-0.05, 0) is 31.5 Å². The summed E-state index contributed by atoms with van der Waals surface area (Å²) in [7, 11) is 0. The van der Waals surface area contributed by atoms with Crippen molar-refractivity contribution < 1.29 is 4.79 Å². The van der Waals surface area contributed by atoms with Crippen LogP contribution in [0.2, 0.25) is 0 Å². The number of amides is 1. The summed E-state index contributed by atoms with van der Waals surface area (Å²) in [5, 5.41) is 0. The molecule has 2 aromatic rings. The molecule has 0 fully saturated rings. The first kappa shape index (κ1) is 18.3. The van der Waals surface area contributed by atoms with E-state index in [4.69, 9.17) is 11.6 Å². The molecule has 0 aliphatic heterocycles. The van der Waals surface area contributed by atoms with Gasteiger partial charge in [0.2, 0.25) is 5.91 Å². The van der Waals surface area contributed by atoms with Crippen molar-refractivity contribution in [2.24, 2.45) is 5.41 Å². The van der Waals surface area contributed by atoms with Crippen LogP contribution in [0, 0.1) is 5.41 Å². The van der Waals surface area contributed by atoms with Crippen molar-refractivity contribution in [3.05, 3.63) is 72.6 Å². The van der Waals surface area contributed by atoms with Crippen LogP contribution in [-0.4, -0.2) is 27.8 Å². The van der Waals surface area contributed by atoms with Crippen LogP contribution in [0.3, 0.4) is 0 Å². The Kier molecular flexibility index (Phi) is 6.27. The van der Waals surface area contributed by atoms with Crippen LogP contribution in [0.15, 0.2) is 61.3 Å². The third-order valence-corrected chi connectivity index (χ3v) is 4.69. The predicted octanol–water partition coefficient (Wildman–Crippen LogP) is 4.32. The van der Waals surface area contributed by atoms with E-state index >= 15 is 0 Å². The minimum atomic E-state index is -0.582. The Morgan fingerprint density at radius 1 is 1.25 bits per heavy atom. The number of alkyl halides is 1. The van der Waals surface area contributed by atoms with Crippen molar-refractivity contribution in [3.63, 3.8) is 0 Å². The normalized spacial score (nSPS) is 11.3. The predicted molar refractivity (Wildman–Crippen MR) is 100 cm³/mol. The molecule has 1 amide bonds. The number of hydrogen-bond donors (Lipinski definition) is 0. The molecular weight excluding hydrogens is 320 g/mol. The fourth-order valence-electron chi connectivity index (χ4n) is 2.58. The highest BCUT2D eigenvalue weighted by Gasteiger charge is 2.31. The van der Waals surface area contributed by atoms with E-state index in [1.165, 1.54) is 5.56 Å². The lowest BCUT2D eigenvalue weighted by molar-refractivity contribution is -0.139. The highest BCUT2D eigenvalue weighted by molar-refractivity contribution is 6.19. The quantitative estimate of drug-likeness (QED) is 0.517. The Morgan fingerprint density at radius 3 is 2.58 bits per heavy atom. The summed E-state index contributed by atoms with van der Waals surface area (Å²) in [5.41, 5.74) is 1.75. The average Bonchev–Trinajstić information content (AvgIpc) is 3.01. The molecule has 1 aromatic carbocycles. The number of halogens is 1. The second-order valence-electron chi connectivity index (χ2n) is 6.60. The van der Waals surface area contributed by atoms with E-state index in [1.807, 2.05) is 49.2 Å². The molecule has 0 saturated carbocycles. The largest absolute Gasteiger partial charge is 0.345 e. The fourth-order valence-corrected chi connectivity index (χ4v) is 2.70. The zero-order valence-corrected chi connectivity index (χ0v) is 15.2. The molecule has 4 heteroatoms. The van der Waals surface area contributed by atoms with Gasteiger partial charge in [-0.25, -0.2) is 0 Å². The van der Waals surface area contributed by atoms with Crippen molar-refractivity contribution in [2.45, 2.75) is 26.9 Å². The Labute approximate surface area is 149 Å². The van der Waals surface area contributed by atoms with Crippen molar-refractivity contribution >= 4 is 17.5 Å². The smallest absolute Gasteiger partial charge is 0.230 e. The number of nitrogens with zero attached hydrogens (tertiary/aromatic N) is 2. The summed E-state index contributed by atoms with van der Waals surface area (Å²) in [4.78, 5) is 14.6. The second kappa shape index (κ2) is 8.20. The molecule has 24 heavy (non-hydrogen) atoms. The molecule has 0 saturated heterocycles. The maximum absolute atomic E-state index is 12.8. The fraction of sp³-hybridized carbons (Fsp3) is 0.350. The highest BCUT2D eigenvalue weighted by atomic mass is 35.5. The monoisotopic (exact) mass is 344 g/mol. The topological polar surface area (TPSA) is 25.2 Å². The molecule has 0 unspecified atom stereocenters. The minimum absolute atomic E-state index is 0.0462. The van der Waals surface area contributed by atoms with Gasteiger partial charge in [-0.2, -0.15) is 0 Å². The number of rotatable bonds is 8. The number of carbonyl (C=O) groups excluding carboxylic acids is 1. The summed E-state index contributed by atoms with van der Waals surface area (Å²) in [6.07, 6.45) is 3.80. The van der Waals surface area contributed by atoms with Gasteiger partial charge in [0.25, 0.3) is 0 Å². The Balaban J connectivity index is 2.17. The maximum Gasteiger partial charge on any atom is 0.230 e. The van der Waals surface area contributed by atoms with E-state index < -0.39 is 5.41 Å². The van der Waals surface area contributed by atoms with Crippen LogP contribution in [-0.2, 0) is 17.9 Å². The Hall–Kier alpha value is -2.00.